The summed E-state index contributed by atoms with van der Waals surface area (Å²) < 4.78 is 0. The number of nitrogens with one attached hydrogen (secondary N) is 1. The molecule has 66 valence electrons. The van der Waals surface area contributed by atoms with Gasteiger partial charge in [0.2, 0.25) is 0 Å². The monoisotopic (exact) mass is 164 g/mol. The maximum atomic E-state index is 4.24. The van der Waals surface area contributed by atoms with Gasteiger partial charge in [0.1, 0.15) is 0 Å². The Balaban J connectivity index is 2.48. The third-order valence-corrected chi connectivity index (χ3v) is 1.83. The molecule has 0 bridgehead atoms. The zero-order valence-corrected chi connectivity index (χ0v) is 7.59. The summed E-state index contributed by atoms with van der Waals surface area (Å²) in [7, 11) is 1.92. The topological polar surface area (TPSA) is 24.4 Å². The minimum atomic E-state index is 0.976. The number of allylic oxidation sites excluding steroid dienone is 3. The van der Waals surface area contributed by atoms with E-state index < -0.39 is 0 Å². The van der Waals surface area contributed by atoms with Crippen molar-refractivity contribution in [2.45, 2.75) is 19.3 Å². The fourth-order valence-electron chi connectivity index (χ4n) is 1.19. The Labute approximate surface area is 74.1 Å². The molecule has 0 radical (unpaired) electrons. The lowest BCUT2D eigenvalue weighted by molar-refractivity contribution is 0.828. The number of hydrogen-bond acceptors (Lipinski definition) is 2. The molecular weight excluding hydrogens is 148 g/mol. The van der Waals surface area contributed by atoms with E-state index in [1.165, 1.54) is 5.57 Å². The molecule has 1 heterocycles. The van der Waals surface area contributed by atoms with Crippen molar-refractivity contribution in [3.63, 3.8) is 0 Å². The van der Waals surface area contributed by atoms with Crippen LogP contribution in [0.2, 0.25) is 0 Å². The lowest BCUT2D eigenvalue weighted by Gasteiger charge is -2.03. The molecule has 1 rings (SSSR count). The van der Waals surface area contributed by atoms with Crippen molar-refractivity contribution in [2.24, 2.45) is 4.99 Å². The molecule has 1 aliphatic rings. The summed E-state index contributed by atoms with van der Waals surface area (Å²) in [6.45, 7) is 0.977. The highest BCUT2D eigenvalue weighted by Crippen LogP contribution is 2.09. The lowest BCUT2D eigenvalue weighted by atomic mass is 10.1. The van der Waals surface area contributed by atoms with E-state index in [-0.39, 0.29) is 0 Å². The van der Waals surface area contributed by atoms with Gasteiger partial charge >= 0.3 is 0 Å². The summed E-state index contributed by atoms with van der Waals surface area (Å²) in [6, 6.07) is 0. The van der Waals surface area contributed by atoms with Crippen molar-refractivity contribution in [2.75, 3.05) is 13.6 Å². The van der Waals surface area contributed by atoms with Crippen molar-refractivity contribution in [1.29, 1.82) is 0 Å². The average molecular weight is 164 g/mol. The molecule has 0 aliphatic carbocycles. The Bertz CT molecular complexity index is 202. The molecule has 1 N–H and O–H groups in total. The lowest BCUT2D eigenvalue weighted by Crippen LogP contribution is -1.94. The quantitative estimate of drug-likeness (QED) is 0.662. The van der Waals surface area contributed by atoms with Gasteiger partial charge in [-0.2, -0.15) is 0 Å². The second-order valence-electron chi connectivity index (χ2n) is 2.83. The predicted octanol–water partition coefficient (Wildman–Crippen LogP) is 1.90. The second kappa shape index (κ2) is 5.58. The summed E-state index contributed by atoms with van der Waals surface area (Å²) in [6.07, 6.45) is 11.6. The minimum Gasteiger partial charge on any atom is -0.394 e. The maximum Gasteiger partial charge on any atom is 0.0388 e. The van der Waals surface area contributed by atoms with Gasteiger partial charge in [0, 0.05) is 26.2 Å². The van der Waals surface area contributed by atoms with Crippen LogP contribution in [0.15, 0.2) is 28.9 Å². The molecule has 2 nitrogen and oxygen atoms in total. The van der Waals surface area contributed by atoms with Crippen LogP contribution in [-0.4, -0.2) is 19.8 Å². The van der Waals surface area contributed by atoms with Crippen molar-refractivity contribution in [3.05, 3.63) is 23.9 Å². The van der Waals surface area contributed by atoms with Crippen LogP contribution >= 0.6 is 0 Å². The van der Waals surface area contributed by atoms with Gasteiger partial charge in [0.15, 0.2) is 0 Å². The summed E-state index contributed by atoms with van der Waals surface area (Å²) in [5.74, 6) is 0. The third-order valence-electron chi connectivity index (χ3n) is 1.83. The van der Waals surface area contributed by atoms with Crippen molar-refractivity contribution >= 4 is 6.21 Å². The van der Waals surface area contributed by atoms with E-state index in [1.54, 1.807) is 0 Å². The molecule has 0 aromatic rings. The van der Waals surface area contributed by atoms with Crippen LogP contribution in [0.25, 0.3) is 0 Å². The van der Waals surface area contributed by atoms with Crippen LogP contribution in [0, 0.1) is 0 Å². The van der Waals surface area contributed by atoms with E-state index in [0.29, 0.717) is 0 Å². The van der Waals surface area contributed by atoms with E-state index in [4.69, 9.17) is 0 Å². The minimum absolute atomic E-state index is 0.976. The first kappa shape index (κ1) is 9.04. The zero-order chi connectivity index (χ0) is 8.65. The first-order valence-electron chi connectivity index (χ1n) is 4.44. The first-order chi connectivity index (χ1) is 5.93. The van der Waals surface area contributed by atoms with Gasteiger partial charge in [-0.25, -0.2) is 0 Å². The molecule has 0 fully saturated rings. The molecule has 0 atom stereocenters. The summed E-state index contributed by atoms with van der Waals surface area (Å²) in [4.78, 5) is 4.24. The Morgan fingerprint density at radius 3 is 3.33 bits per heavy atom. The van der Waals surface area contributed by atoms with E-state index in [9.17, 15) is 0 Å². The Morgan fingerprint density at radius 2 is 2.50 bits per heavy atom. The van der Waals surface area contributed by atoms with Gasteiger partial charge in [-0.1, -0.05) is 11.6 Å². The molecule has 0 aromatic carbocycles. The van der Waals surface area contributed by atoms with Crippen molar-refractivity contribution < 1.29 is 0 Å². The van der Waals surface area contributed by atoms with E-state index in [0.717, 1.165) is 25.8 Å². The maximum absolute atomic E-state index is 4.24. The zero-order valence-electron chi connectivity index (χ0n) is 7.59. The van der Waals surface area contributed by atoms with Crippen LogP contribution in [0.1, 0.15) is 19.3 Å². The third kappa shape index (κ3) is 3.37. The number of aliphatic imine (C=N–C) groups is 1. The molecule has 0 amide bonds. The average Bonchev–Trinajstić information content (AvgIpc) is 2.02. The smallest absolute Gasteiger partial charge is 0.0388 e. The molecular formula is C10H16N2. The molecule has 0 saturated carbocycles. The van der Waals surface area contributed by atoms with Gasteiger partial charge in [-0.05, 0) is 25.1 Å². The number of rotatable bonds is 2. The molecule has 12 heavy (non-hydrogen) atoms. The molecule has 0 aromatic heterocycles. The molecule has 0 saturated heterocycles. The molecule has 0 spiro atoms. The predicted molar refractivity (Wildman–Crippen MR) is 53.5 cm³/mol. The molecule has 0 unspecified atom stereocenters. The van der Waals surface area contributed by atoms with E-state index >= 15 is 0 Å². The number of hydrogen-bond donors (Lipinski definition) is 1. The van der Waals surface area contributed by atoms with E-state index in [1.807, 2.05) is 19.5 Å². The molecule has 2 heteroatoms. The van der Waals surface area contributed by atoms with Crippen LogP contribution < -0.4 is 5.32 Å². The summed E-state index contributed by atoms with van der Waals surface area (Å²) in [5, 5.41) is 3.00. The van der Waals surface area contributed by atoms with Crippen LogP contribution in [0.3, 0.4) is 0 Å². The highest BCUT2D eigenvalue weighted by Gasteiger charge is 1.94. The van der Waals surface area contributed by atoms with Crippen molar-refractivity contribution in [3.8, 4) is 0 Å². The van der Waals surface area contributed by atoms with Gasteiger partial charge in [-0.3, -0.25) is 4.99 Å². The first-order valence-corrected chi connectivity index (χ1v) is 4.44. The SMILES string of the molecule is CN/C=C\C1=C\CC=NCCC1. The van der Waals surface area contributed by atoms with Gasteiger partial charge in [0.05, 0.1) is 0 Å². The highest BCUT2D eigenvalue weighted by molar-refractivity contribution is 5.60. The van der Waals surface area contributed by atoms with Crippen molar-refractivity contribution in [1.82, 2.24) is 5.32 Å². The summed E-state index contributed by atoms with van der Waals surface area (Å²) >= 11 is 0. The van der Waals surface area contributed by atoms with Crippen LogP contribution in [0.5, 0.6) is 0 Å². The van der Waals surface area contributed by atoms with Crippen LogP contribution in [-0.2, 0) is 0 Å². The normalized spacial score (nSPS) is 22.9. The second-order valence-corrected chi connectivity index (χ2v) is 2.83. The fourth-order valence-corrected chi connectivity index (χ4v) is 1.19. The van der Waals surface area contributed by atoms with Crippen LogP contribution in [0.4, 0.5) is 0 Å². The fraction of sp³-hybridized carbons (Fsp3) is 0.500. The molecule has 1 aliphatic heterocycles. The standard InChI is InChI=1S/C10H16N2/c1-11-9-6-10-4-2-7-12-8-3-5-10/h4,6-7,9,11H,2-3,5,8H2,1H3/b9-6-,10-4+,12-7?. The summed E-state index contributed by atoms with van der Waals surface area (Å²) in [5.41, 5.74) is 1.41. The van der Waals surface area contributed by atoms with E-state index in [2.05, 4.69) is 22.5 Å². The number of nitrogens with zero attached hydrogens (tertiary/aromatic N) is 1. The Kier molecular flexibility index (Phi) is 4.21. The Hall–Kier alpha value is -1.05. The Morgan fingerprint density at radius 1 is 1.58 bits per heavy atom. The highest BCUT2D eigenvalue weighted by atomic mass is 14.8. The van der Waals surface area contributed by atoms with Gasteiger partial charge in [-0.15, -0.1) is 0 Å². The van der Waals surface area contributed by atoms with Gasteiger partial charge < -0.3 is 5.32 Å². The van der Waals surface area contributed by atoms with Gasteiger partial charge in [0.25, 0.3) is 0 Å². The largest absolute Gasteiger partial charge is 0.394 e.